The Kier molecular flexibility index (Phi) is 54.9. The van der Waals surface area contributed by atoms with E-state index in [0.29, 0.717) is 19.3 Å². The number of esters is 3. The van der Waals surface area contributed by atoms with Gasteiger partial charge in [-0.1, -0.05) is 324 Å². The Balaban J connectivity index is 4.18. The molecule has 0 aliphatic carbocycles. The minimum absolute atomic E-state index is 0.0633. The summed E-state index contributed by atoms with van der Waals surface area (Å²) in [5.74, 6) is 1.71. The zero-order valence-electron chi connectivity index (χ0n) is 49.0. The zero-order chi connectivity index (χ0) is 51.9. The lowest BCUT2D eigenvalue weighted by molar-refractivity contribution is -0.167. The molecule has 0 aromatic carbocycles. The van der Waals surface area contributed by atoms with E-state index in [9.17, 15) is 14.4 Å². The van der Waals surface area contributed by atoms with Gasteiger partial charge < -0.3 is 14.2 Å². The van der Waals surface area contributed by atoms with E-state index in [1.807, 2.05) is 0 Å². The summed E-state index contributed by atoms with van der Waals surface area (Å²) in [5.41, 5.74) is 0. The molecule has 0 radical (unpaired) electrons. The summed E-state index contributed by atoms with van der Waals surface area (Å²) in [5, 5.41) is 0. The molecule has 0 aliphatic rings. The standard InChI is InChI=1S/C65H126O6/c1-7-61(6)53-47-41-35-29-25-21-17-13-9-11-14-18-22-26-30-36-42-48-54-63(66)69-57-62(58-70-64(67)55-49-43-38-32-34-40-46-52-60(4)5)71-65(68)56-50-44-37-31-27-23-19-15-10-8-12-16-20-24-28-33-39-45-51-59(2)3/h59-62H,7-58H2,1-6H3/t61?,62-/m0/s1. The summed E-state index contributed by atoms with van der Waals surface area (Å²) in [7, 11) is 0. The zero-order valence-corrected chi connectivity index (χ0v) is 49.0. The molecular weight excluding hydrogens is 877 g/mol. The first-order valence-electron chi connectivity index (χ1n) is 32.1. The van der Waals surface area contributed by atoms with E-state index in [1.54, 1.807) is 0 Å². The Hall–Kier alpha value is -1.59. The average Bonchev–Trinajstić information content (AvgIpc) is 3.35. The molecule has 6 nitrogen and oxygen atoms in total. The maximum Gasteiger partial charge on any atom is 0.306 e. The molecule has 0 saturated carbocycles. The molecule has 0 saturated heterocycles. The second-order valence-electron chi connectivity index (χ2n) is 23.6. The topological polar surface area (TPSA) is 78.9 Å². The van der Waals surface area contributed by atoms with Crippen LogP contribution in [0, 0.1) is 17.8 Å². The van der Waals surface area contributed by atoms with Gasteiger partial charge in [-0.25, -0.2) is 0 Å². The highest BCUT2D eigenvalue weighted by Crippen LogP contribution is 2.20. The Labute approximate surface area is 444 Å². The fourth-order valence-electron chi connectivity index (χ4n) is 10.0. The monoisotopic (exact) mass is 1000 g/mol. The number of hydrogen-bond acceptors (Lipinski definition) is 6. The lowest BCUT2D eigenvalue weighted by Crippen LogP contribution is -2.30. The molecule has 0 bridgehead atoms. The smallest absolute Gasteiger partial charge is 0.306 e. The van der Waals surface area contributed by atoms with E-state index in [4.69, 9.17) is 14.2 Å². The van der Waals surface area contributed by atoms with Crippen LogP contribution in [0.2, 0.25) is 0 Å². The summed E-state index contributed by atoms with van der Waals surface area (Å²) >= 11 is 0. The second kappa shape index (κ2) is 56.1. The molecule has 2 atom stereocenters. The number of hydrogen-bond donors (Lipinski definition) is 0. The molecule has 1 unspecified atom stereocenters. The molecule has 0 aromatic heterocycles. The molecule has 0 aliphatic heterocycles. The highest BCUT2D eigenvalue weighted by Gasteiger charge is 2.19. The predicted molar refractivity (Wildman–Crippen MR) is 307 cm³/mol. The van der Waals surface area contributed by atoms with Gasteiger partial charge in [0.1, 0.15) is 13.2 Å². The van der Waals surface area contributed by atoms with Gasteiger partial charge in [0.15, 0.2) is 6.10 Å². The molecule has 0 rings (SSSR count). The first-order valence-corrected chi connectivity index (χ1v) is 32.1. The van der Waals surface area contributed by atoms with Crippen LogP contribution in [-0.4, -0.2) is 37.2 Å². The third-order valence-corrected chi connectivity index (χ3v) is 15.3. The molecule has 0 fully saturated rings. The van der Waals surface area contributed by atoms with Crippen molar-refractivity contribution in [2.24, 2.45) is 17.8 Å². The number of carbonyl (C=O) groups is 3. The summed E-state index contributed by atoms with van der Waals surface area (Å²) in [6.07, 6.45) is 61.2. The Morgan fingerprint density at radius 3 is 0.732 bits per heavy atom. The number of rotatable bonds is 58. The van der Waals surface area contributed by atoms with Gasteiger partial charge in [0.25, 0.3) is 0 Å². The molecule has 0 amide bonds. The third kappa shape index (κ3) is 57.5. The predicted octanol–water partition coefficient (Wildman–Crippen LogP) is 21.5. The first-order chi connectivity index (χ1) is 34.6. The fourth-order valence-corrected chi connectivity index (χ4v) is 10.0. The summed E-state index contributed by atoms with van der Waals surface area (Å²) in [6, 6.07) is 0. The maximum absolute atomic E-state index is 12.9. The Morgan fingerprint density at radius 1 is 0.282 bits per heavy atom. The molecule has 0 aromatic rings. The minimum Gasteiger partial charge on any atom is -0.462 e. The third-order valence-electron chi connectivity index (χ3n) is 15.3. The molecule has 0 spiro atoms. The van der Waals surface area contributed by atoms with Gasteiger partial charge >= 0.3 is 17.9 Å². The largest absolute Gasteiger partial charge is 0.462 e. The first kappa shape index (κ1) is 69.4. The van der Waals surface area contributed by atoms with Crippen LogP contribution in [0.1, 0.15) is 363 Å². The van der Waals surface area contributed by atoms with Crippen LogP contribution in [0.4, 0.5) is 0 Å². The van der Waals surface area contributed by atoms with Crippen LogP contribution in [0.3, 0.4) is 0 Å². The van der Waals surface area contributed by atoms with Gasteiger partial charge in [0.05, 0.1) is 0 Å². The van der Waals surface area contributed by atoms with Crippen molar-refractivity contribution in [1.29, 1.82) is 0 Å². The fraction of sp³-hybridized carbons (Fsp3) is 0.954. The van der Waals surface area contributed by atoms with E-state index >= 15 is 0 Å². The molecule has 0 heterocycles. The normalized spacial score (nSPS) is 12.5. The molecule has 422 valence electrons. The quantitative estimate of drug-likeness (QED) is 0.0343. The highest BCUT2D eigenvalue weighted by molar-refractivity contribution is 5.71. The summed E-state index contributed by atoms with van der Waals surface area (Å²) in [4.78, 5) is 38.2. The number of unbranched alkanes of at least 4 members (excludes halogenated alkanes) is 40. The Bertz CT molecular complexity index is 1100. The van der Waals surface area contributed by atoms with Crippen molar-refractivity contribution in [2.45, 2.75) is 369 Å². The van der Waals surface area contributed by atoms with Crippen molar-refractivity contribution in [3.8, 4) is 0 Å². The number of ether oxygens (including phenoxy) is 3. The van der Waals surface area contributed by atoms with E-state index in [0.717, 1.165) is 75.5 Å². The highest BCUT2D eigenvalue weighted by atomic mass is 16.6. The van der Waals surface area contributed by atoms with Crippen molar-refractivity contribution >= 4 is 17.9 Å². The van der Waals surface area contributed by atoms with Gasteiger partial charge in [-0.15, -0.1) is 0 Å². The van der Waals surface area contributed by atoms with Crippen LogP contribution in [0.25, 0.3) is 0 Å². The minimum atomic E-state index is -0.764. The maximum atomic E-state index is 12.9. The Morgan fingerprint density at radius 2 is 0.493 bits per heavy atom. The molecule has 71 heavy (non-hydrogen) atoms. The second-order valence-corrected chi connectivity index (χ2v) is 23.6. The van der Waals surface area contributed by atoms with Gasteiger partial charge in [0, 0.05) is 19.3 Å². The van der Waals surface area contributed by atoms with Gasteiger partial charge in [-0.2, -0.15) is 0 Å². The van der Waals surface area contributed by atoms with Gasteiger partial charge in [0.2, 0.25) is 0 Å². The van der Waals surface area contributed by atoms with Gasteiger partial charge in [-0.3, -0.25) is 14.4 Å². The van der Waals surface area contributed by atoms with E-state index in [1.165, 1.54) is 244 Å². The van der Waals surface area contributed by atoms with Crippen LogP contribution < -0.4 is 0 Å². The average molecular weight is 1000 g/mol. The van der Waals surface area contributed by atoms with E-state index in [-0.39, 0.29) is 31.1 Å². The van der Waals surface area contributed by atoms with Crippen molar-refractivity contribution in [2.75, 3.05) is 13.2 Å². The lowest BCUT2D eigenvalue weighted by Gasteiger charge is -2.18. The van der Waals surface area contributed by atoms with Crippen molar-refractivity contribution < 1.29 is 28.6 Å². The molecule has 6 heteroatoms. The van der Waals surface area contributed by atoms with Crippen LogP contribution >= 0.6 is 0 Å². The number of carbonyl (C=O) groups excluding carboxylic acids is 3. The van der Waals surface area contributed by atoms with Gasteiger partial charge in [-0.05, 0) is 37.0 Å². The van der Waals surface area contributed by atoms with Crippen molar-refractivity contribution in [3.05, 3.63) is 0 Å². The van der Waals surface area contributed by atoms with Crippen molar-refractivity contribution in [1.82, 2.24) is 0 Å². The van der Waals surface area contributed by atoms with Crippen LogP contribution in [0.5, 0.6) is 0 Å². The van der Waals surface area contributed by atoms with E-state index < -0.39 is 6.10 Å². The van der Waals surface area contributed by atoms with Crippen LogP contribution in [0.15, 0.2) is 0 Å². The molecular formula is C65H126O6. The molecule has 0 N–H and O–H groups in total. The van der Waals surface area contributed by atoms with Crippen LogP contribution in [-0.2, 0) is 28.6 Å². The van der Waals surface area contributed by atoms with E-state index in [2.05, 4.69) is 41.5 Å². The summed E-state index contributed by atoms with van der Waals surface area (Å²) in [6.45, 7) is 13.8. The summed E-state index contributed by atoms with van der Waals surface area (Å²) < 4.78 is 16.9. The lowest BCUT2D eigenvalue weighted by atomic mass is 9.99. The van der Waals surface area contributed by atoms with Crippen molar-refractivity contribution in [3.63, 3.8) is 0 Å². The SMILES string of the molecule is CCC(C)CCCCCCCCCCCCCCCCCCCCC(=O)OC[C@@H](COC(=O)CCCCCCCCCC(C)C)OC(=O)CCCCCCCCCCCCCCCCCCCCC(C)C.